The average Bonchev–Trinajstić information content (AvgIpc) is 3.14. The van der Waals surface area contributed by atoms with Crippen molar-refractivity contribution in [3.63, 3.8) is 0 Å². The van der Waals surface area contributed by atoms with E-state index in [0.717, 1.165) is 18.6 Å². The summed E-state index contributed by atoms with van der Waals surface area (Å²) in [5.41, 5.74) is 2.15. The van der Waals surface area contributed by atoms with Gasteiger partial charge >= 0.3 is 0 Å². The molecule has 1 saturated heterocycles. The van der Waals surface area contributed by atoms with Crippen LogP contribution in [-0.4, -0.2) is 37.8 Å². The molecule has 27 heavy (non-hydrogen) atoms. The zero-order chi connectivity index (χ0) is 19.0. The normalized spacial score (nSPS) is 20.4. The molecule has 142 valence electrons. The topological polar surface area (TPSA) is 59.6 Å². The second-order valence-corrected chi connectivity index (χ2v) is 7.91. The number of likely N-dealkylation sites (tertiary alicyclic amines) is 1. The minimum atomic E-state index is -0.0566. The van der Waals surface area contributed by atoms with E-state index >= 15 is 0 Å². The van der Waals surface area contributed by atoms with Crippen molar-refractivity contribution in [3.8, 4) is 0 Å². The lowest BCUT2D eigenvalue weighted by atomic mass is 9.91. The summed E-state index contributed by atoms with van der Waals surface area (Å²) in [6, 6.07) is 7.54. The molecule has 4 rings (SSSR count). The maximum Gasteiger partial charge on any atom is 0.276 e. The first-order chi connectivity index (χ1) is 13.0. The molecule has 0 N–H and O–H groups in total. The fraction of sp³-hybridized carbons (Fsp3) is 0.476. The van der Waals surface area contributed by atoms with Crippen LogP contribution in [0.2, 0.25) is 0 Å². The molecule has 0 saturated carbocycles. The van der Waals surface area contributed by atoms with Crippen molar-refractivity contribution in [3.05, 3.63) is 47.0 Å². The van der Waals surface area contributed by atoms with Crippen LogP contribution in [0.4, 0.5) is 0 Å². The third-order valence-corrected chi connectivity index (χ3v) is 5.49. The summed E-state index contributed by atoms with van der Waals surface area (Å²) in [5, 5.41) is 0. The second kappa shape index (κ2) is 7.18. The van der Waals surface area contributed by atoms with Gasteiger partial charge in [-0.1, -0.05) is 13.8 Å². The molecule has 1 amide bonds. The number of carbonyl (C=O) groups is 1. The van der Waals surface area contributed by atoms with Crippen molar-refractivity contribution >= 4 is 22.6 Å². The molecule has 0 aromatic carbocycles. The molecule has 2 atom stereocenters. The fourth-order valence-electron chi connectivity index (χ4n) is 4.40. The number of fused-ring (bicyclic) bond motifs is 3. The minimum Gasteiger partial charge on any atom is -0.342 e. The highest BCUT2D eigenvalue weighted by molar-refractivity contribution is 5.77. The van der Waals surface area contributed by atoms with Crippen LogP contribution in [0.15, 0.2) is 41.5 Å². The number of aromatic nitrogens is 3. The van der Waals surface area contributed by atoms with E-state index in [9.17, 15) is 9.59 Å². The molecule has 0 aliphatic carbocycles. The SMILES string of the molecule is C[C@H]1C[C@H](C)CN(C(=O)CCCn2c(=O)c3cccn3c3cccnc32)C1. The summed E-state index contributed by atoms with van der Waals surface area (Å²) >= 11 is 0. The number of rotatable bonds is 4. The molecular formula is C21H26N4O2. The van der Waals surface area contributed by atoms with Crippen molar-refractivity contribution in [1.82, 2.24) is 18.9 Å². The molecule has 0 spiro atoms. The summed E-state index contributed by atoms with van der Waals surface area (Å²) in [4.78, 5) is 31.9. The first kappa shape index (κ1) is 17.8. The summed E-state index contributed by atoms with van der Waals surface area (Å²) in [5.74, 6) is 1.32. The highest BCUT2D eigenvalue weighted by Crippen LogP contribution is 2.22. The Bertz CT molecular complexity index is 1030. The Hall–Kier alpha value is -2.63. The van der Waals surface area contributed by atoms with Gasteiger partial charge in [0, 0.05) is 38.4 Å². The third-order valence-electron chi connectivity index (χ3n) is 5.49. The van der Waals surface area contributed by atoms with E-state index in [1.165, 1.54) is 6.42 Å². The number of aryl methyl sites for hydroxylation is 1. The van der Waals surface area contributed by atoms with Crippen LogP contribution in [0.3, 0.4) is 0 Å². The molecule has 0 bridgehead atoms. The standard InChI is InChI=1S/C21H26N4O2/c1-15-12-16(2)14-23(13-15)19(26)8-5-11-25-20-17(6-3-9-22-20)24-10-4-7-18(24)21(25)27/h3-4,6-7,9-10,15-16H,5,8,11-14H2,1-2H3/t15-,16-/m0/s1. The van der Waals surface area contributed by atoms with E-state index in [0.29, 0.717) is 42.4 Å². The van der Waals surface area contributed by atoms with Gasteiger partial charge in [-0.2, -0.15) is 0 Å². The monoisotopic (exact) mass is 366 g/mol. The maximum absolute atomic E-state index is 12.9. The molecule has 0 radical (unpaired) electrons. The Morgan fingerprint density at radius 3 is 2.67 bits per heavy atom. The lowest BCUT2D eigenvalue weighted by molar-refractivity contribution is -0.134. The molecule has 6 nitrogen and oxygen atoms in total. The second-order valence-electron chi connectivity index (χ2n) is 7.91. The van der Waals surface area contributed by atoms with Crippen molar-refractivity contribution in [2.45, 2.75) is 39.7 Å². The van der Waals surface area contributed by atoms with Gasteiger partial charge in [0.1, 0.15) is 5.52 Å². The first-order valence-electron chi connectivity index (χ1n) is 9.77. The number of hydrogen-bond acceptors (Lipinski definition) is 3. The summed E-state index contributed by atoms with van der Waals surface area (Å²) in [7, 11) is 0. The number of nitrogens with zero attached hydrogens (tertiary/aromatic N) is 4. The number of amides is 1. The predicted octanol–water partition coefficient (Wildman–Crippen LogP) is 2.93. The molecule has 1 aliphatic rings. The Balaban J connectivity index is 1.53. The van der Waals surface area contributed by atoms with Gasteiger partial charge in [-0.05, 0) is 48.9 Å². The van der Waals surface area contributed by atoms with E-state index in [1.54, 1.807) is 10.8 Å². The molecule has 3 aromatic rings. The van der Waals surface area contributed by atoms with Gasteiger partial charge in [0.05, 0.1) is 5.52 Å². The highest BCUT2D eigenvalue weighted by Gasteiger charge is 2.25. The number of pyridine rings is 1. The smallest absolute Gasteiger partial charge is 0.276 e. The van der Waals surface area contributed by atoms with Crippen LogP contribution in [0.5, 0.6) is 0 Å². The molecule has 1 aliphatic heterocycles. The van der Waals surface area contributed by atoms with Crippen LogP contribution in [0.25, 0.3) is 16.7 Å². The van der Waals surface area contributed by atoms with Crippen molar-refractivity contribution in [2.24, 2.45) is 11.8 Å². The van der Waals surface area contributed by atoms with Gasteiger partial charge in [0.25, 0.3) is 5.56 Å². The molecule has 6 heteroatoms. The average molecular weight is 366 g/mol. The lowest BCUT2D eigenvalue weighted by Gasteiger charge is -2.35. The Morgan fingerprint density at radius 2 is 1.89 bits per heavy atom. The summed E-state index contributed by atoms with van der Waals surface area (Å²) < 4.78 is 3.59. The van der Waals surface area contributed by atoms with Crippen LogP contribution in [0, 0.1) is 11.8 Å². The van der Waals surface area contributed by atoms with Gasteiger partial charge in [-0.15, -0.1) is 0 Å². The predicted molar refractivity (Wildman–Crippen MR) is 106 cm³/mol. The summed E-state index contributed by atoms with van der Waals surface area (Å²) in [6.45, 7) is 6.62. The molecule has 0 unspecified atom stereocenters. The highest BCUT2D eigenvalue weighted by atomic mass is 16.2. The third kappa shape index (κ3) is 3.36. The minimum absolute atomic E-state index is 0.0566. The van der Waals surface area contributed by atoms with Crippen molar-refractivity contribution in [2.75, 3.05) is 13.1 Å². The van der Waals surface area contributed by atoms with Gasteiger partial charge in [-0.3, -0.25) is 14.2 Å². The van der Waals surface area contributed by atoms with Gasteiger partial charge < -0.3 is 9.30 Å². The van der Waals surface area contributed by atoms with Gasteiger partial charge in [0.15, 0.2) is 5.65 Å². The van der Waals surface area contributed by atoms with E-state index < -0.39 is 0 Å². The summed E-state index contributed by atoms with van der Waals surface area (Å²) in [6.07, 6.45) is 5.88. The van der Waals surface area contributed by atoms with Crippen LogP contribution in [0.1, 0.15) is 33.1 Å². The van der Waals surface area contributed by atoms with Gasteiger partial charge in [0.2, 0.25) is 5.91 Å². The van der Waals surface area contributed by atoms with E-state index in [-0.39, 0.29) is 11.5 Å². The fourth-order valence-corrected chi connectivity index (χ4v) is 4.40. The maximum atomic E-state index is 12.9. The zero-order valence-electron chi connectivity index (χ0n) is 16.0. The lowest BCUT2D eigenvalue weighted by Crippen LogP contribution is -2.42. The molecular weight excluding hydrogens is 340 g/mol. The van der Waals surface area contributed by atoms with Gasteiger partial charge in [-0.25, -0.2) is 4.98 Å². The largest absolute Gasteiger partial charge is 0.342 e. The molecule has 1 fully saturated rings. The quantitative estimate of drug-likeness (QED) is 0.713. The first-order valence-corrected chi connectivity index (χ1v) is 9.77. The Kier molecular flexibility index (Phi) is 4.72. The number of piperidine rings is 1. The van der Waals surface area contributed by atoms with Crippen LogP contribution < -0.4 is 5.56 Å². The van der Waals surface area contributed by atoms with Crippen molar-refractivity contribution < 1.29 is 4.79 Å². The molecule has 4 heterocycles. The number of carbonyl (C=O) groups excluding carboxylic acids is 1. The van der Waals surface area contributed by atoms with E-state index in [2.05, 4.69) is 18.8 Å². The molecule has 3 aromatic heterocycles. The van der Waals surface area contributed by atoms with E-state index in [1.807, 2.05) is 39.8 Å². The van der Waals surface area contributed by atoms with Crippen LogP contribution in [-0.2, 0) is 11.3 Å². The van der Waals surface area contributed by atoms with E-state index in [4.69, 9.17) is 0 Å². The Morgan fingerprint density at radius 1 is 1.15 bits per heavy atom. The number of hydrogen-bond donors (Lipinski definition) is 0. The Labute approximate surface area is 158 Å². The zero-order valence-corrected chi connectivity index (χ0v) is 16.0. The van der Waals surface area contributed by atoms with Crippen molar-refractivity contribution in [1.29, 1.82) is 0 Å². The van der Waals surface area contributed by atoms with Crippen LogP contribution >= 0.6 is 0 Å².